The largest absolute Gasteiger partial charge is 0.355 e. The molecule has 13 rings (SSSR count). The summed E-state index contributed by atoms with van der Waals surface area (Å²) in [5.41, 5.74) is 24.4. The summed E-state index contributed by atoms with van der Waals surface area (Å²) in [5, 5.41) is 9.36. The number of para-hydroxylation sites is 2. The third kappa shape index (κ3) is 7.20. The number of fused-ring (bicyclic) bond motifs is 9. The maximum Gasteiger partial charge on any atom is 0.198 e. The Morgan fingerprint density at radius 3 is 1.51 bits per heavy atom. The Kier molecular flexibility index (Phi) is 10.2. The maximum absolute atomic E-state index is 4.25. The first kappa shape index (κ1) is 47.2. The van der Waals surface area contributed by atoms with E-state index in [1.54, 1.807) is 0 Å². The lowest BCUT2D eigenvalue weighted by Gasteiger charge is -2.43. The zero-order chi connectivity index (χ0) is 51.5. The summed E-state index contributed by atoms with van der Waals surface area (Å²) in [6.45, 7) is 29.6. The lowest BCUT2D eigenvalue weighted by Crippen LogP contribution is -2.41. The molecule has 0 amide bonds. The third-order valence-electron chi connectivity index (χ3n) is 19.3. The molecule has 0 saturated carbocycles. The molecule has 0 unspecified atom stereocenters. The van der Waals surface area contributed by atoms with E-state index in [-0.39, 0.29) is 32.5 Å². The average Bonchev–Trinajstić information content (AvgIpc) is 3.71. The molecule has 1 aliphatic heterocycles. The van der Waals surface area contributed by atoms with Crippen molar-refractivity contribution >= 4 is 79.2 Å². The molecule has 3 aliphatic carbocycles. The first-order valence-electron chi connectivity index (χ1n) is 27.8. The molecule has 1 N–H and O–H groups in total. The van der Waals surface area contributed by atoms with Crippen LogP contribution in [0.25, 0.3) is 49.4 Å². The normalized spacial score (nSPS) is 19.0. The topological polar surface area (TPSA) is 20.2 Å². The van der Waals surface area contributed by atoms with E-state index in [1.807, 2.05) is 0 Å². The van der Waals surface area contributed by atoms with Gasteiger partial charge in [-0.05, 0) is 199 Å². The fraction of sp³-hybridized carbons (Fsp3) is 0.343. The molecular formula is C70H74BN3. The molecule has 1 aromatic heterocycles. The van der Waals surface area contributed by atoms with Crippen LogP contribution in [0.3, 0.4) is 0 Å². The molecule has 8 aromatic carbocycles. The van der Waals surface area contributed by atoms with Crippen molar-refractivity contribution in [2.45, 2.75) is 154 Å². The Balaban J connectivity index is 1.19. The van der Waals surface area contributed by atoms with Gasteiger partial charge in [0, 0.05) is 44.8 Å². The molecule has 9 aromatic rings. The highest BCUT2D eigenvalue weighted by Gasteiger charge is 2.42. The van der Waals surface area contributed by atoms with Crippen LogP contribution < -0.4 is 21.1 Å². The Bertz CT molecular complexity index is 3750. The van der Waals surface area contributed by atoms with Crippen LogP contribution >= 0.6 is 0 Å². The van der Waals surface area contributed by atoms with Gasteiger partial charge in [-0.2, -0.15) is 0 Å². The molecule has 74 heavy (non-hydrogen) atoms. The lowest BCUT2D eigenvalue weighted by molar-refractivity contribution is 0.332. The monoisotopic (exact) mass is 968 g/mol. The van der Waals surface area contributed by atoms with E-state index in [2.05, 4.69) is 243 Å². The standard InChI is InChI=1S/C70H74BN3/c1-65(2)29-30-66(3,4)52-37-45(27-28-51(52)65)72-58-41-55-53(67(5,6)31-33-69(55,9)10)38-48(58)49-39-61(73(46-23-15-13-16-24-46)47-25-17-14-18-26-47)62-50-35-43-21-19-20-22-44(43)36-59(50)74-60-42-56-54(40-57(60)71-63(49)64(62)74)68(7,8)32-34-70(56,11)12/h13-28,35-42,71-72H,29-34H2,1-12H3. The molecule has 0 radical (unpaired) electrons. The van der Waals surface area contributed by atoms with E-state index in [1.165, 1.54) is 131 Å². The predicted molar refractivity (Wildman–Crippen MR) is 320 cm³/mol. The molecule has 4 aliphatic rings. The summed E-state index contributed by atoms with van der Waals surface area (Å²) in [5.74, 6) is 0. The van der Waals surface area contributed by atoms with Crippen molar-refractivity contribution in [3.63, 3.8) is 0 Å². The first-order valence-corrected chi connectivity index (χ1v) is 27.8. The van der Waals surface area contributed by atoms with Crippen molar-refractivity contribution in [1.82, 2.24) is 4.57 Å². The molecule has 3 nitrogen and oxygen atoms in total. The van der Waals surface area contributed by atoms with Gasteiger partial charge in [-0.3, -0.25) is 0 Å². The summed E-state index contributed by atoms with van der Waals surface area (Å²) in [7, 11) is 0.839. The second-order valence-corrected chi connectivity index (χ2v) is 27.0. The fourth-order valence-electron chi connectivity index (χ4n) is 14.3. The zero-order valence-electron chi connectivity index (χ0n) is 46.2. The molecule has 0 saturated heterocycles. The predicted octanol–water partition coefficient (Wildman–Crippen LogP) is 17.6. The zero-order valence-corrected chi connectivity index (χ0v) is 46.2. The van der Waals surface area contributed by atoms with E-state index < -0.39 is 0 Å². The second-order valence-electron chi connectivity index (χ2n) is 27.0. The summed E-state index contributed by atoms with van der Waals surface area (Å²) >= 11 is 0. The summed E-state index contributed by atoms with van der Waals surface area (Å²) in [6.07, 6.45) is 7.03. The van der Waals surface area contributed by atoms with Crippen LogP contribution in [0.15, 0.2) is 146 Å². The van der Waals surface area contributed by atoms with Gasteiger partial charge in [0.25, 0.3) is 0 Å². The van der Waals surface area contributed by atoms with Crippen LogP contribution in [-0.2, 0) is 32.5 Å². The number of nitrogens with one attached hydrogen (secondary N) is 1. The van der Waals surface area contributed by atoms with Gasteiger partial charge < -0.3 is 14.8 Å². The number of aromatic nitrogens is 1. The van der Waals surface area contributed by atoms with E-state index >= 15 is 0 Å². The minimum atomic E-state index is 0.00287. The highest BCUT2D eigenvalue weighted by molar-refractivity contribution is 6.73. The van der Waals surface area contributed by atoms with Crippen molar-refractivity contribution < 1.29 is 0 Å². The van der Waals surface area contributed by atoms with Crippen molar-refractivity contribution in [2.24, 2.45) is 0 Å². The Labute approximate surface area is 441 Å². The highest BCUT2D eigenvalue weighted by Crippen LogP contribution is 2.54. The quantitative estimate of drug-likeness (QED) is 0.168. The Morgan fingerprint density at radius 1 is 0.446 bits per heavy atom. The van der Waals surface area contributed by atoms with Gasteiger partial charge in [0.15, 0.2) is 7.28 Å². The number of hydrogen-bond donors (Lipinski definition) is 1. The molecule has 2 heterocycles. The number of rotatable bonds is 6. The molecule has 0 spiro atoms. The van der Waals surface area contributed by atoms with Gasteiger partial charge in [-0.1, -0.05) is 161 Å². The summed E-state index contributed by atoms with van der Waals surface area (Å²) in [4.78, 5) is 2.54. The van der Waals surface area contributed by atoms with E-state index in [0.717, 1.165) is 37.2 Å². The minimum absolute atomic E-state index is 0.00287. The van der Waals surface area contributed by atoms with E-state index in [0.29, 0.717) is 0 Å². The second kappa shape index (κ2) is 16.0. The van der Waals surface area contributed by atoms with Gasteiger partial charge >= 0.3 is 0 Å². The minimum Gasteiger partial charge on any atom is -0.355 e. The number of benzene rings is 8. The molecule has 4 heteroatoms. The number of hydrogen-bond acceptors (Lipinski definition) is 2. The maximum atomic E-state index is 4.25. The van der Waals surface area contributed by atoms with Crippen LogP contribution in [-0.4, -0.2) is 11.8 Å². The number of nitrogens with zero attached hydrogens (tertiary/aromatic N) is 2. The first-order chi connectivity index (χ1) is 35.1. The smallest absolute Gasteiger partial charge is 0.198 e. The van der Waals surface area contributed by atoms with Gasteiger partial charge in [-0.15, -0.1) is 0 Å². The van der Waals surface area contributed by atoms with Gasteiger partial charge in [-0.25, -0.2) is 0 Å². The molecule has 372 valence electrons. The van der Waals surface area contributed by atoms with E-state index in [4.69, 9.17) is 0 Å². The molecule has 0 atom stereocenters. The van der Waals surface area contributed by atoms with Crippen molar-refractivity contribution in [2.75, 3.05) is 10.2 Å². The van der Waals surface area contributed by atoms with Crippen LogP contribution in [0.1, 0.15) is 155 Å². The highest BCUT2D eigenvalue weighted by atomic mass is 15.1. The average molecular weight is 968 g/mol. The number of anilines is 5. The molecule has 0 bridgehead atoms. The molecule has 0 fully saturated rings. The van der Waals surface area contributed by atoms with E-state index in [9.17, 15) is 0 Å². The van der Waals surface area contributed by atoms with Crippen LogP contribution in [0.2, 0.25) is 0 Å². The van der Waals surface area contributed by atoms with Crippen LogP contribution in [0.4, 0.5) is 28.4 Å². The Morgan fingerprint density at radius 2 is 0.932 bits per heavy atom. The Hall–Kier alpha value is -6.52. The fourth-order valence-corrected chi connectivity index (χ4v) is 14.3. The van der Waals surface area contributed by atoms with Crippen molar-refractivity contribution in [3.05, 3.63) is 179 Å². The third-order valence-corrected chi connectivity index (χ3v) is 19.3. The molecular weight excluding hydrogens is 894 g/mol. The summed E-state index contributed by atoms with van der Waals surface area (Å²) < 4.78 is 2.72. The SMILES string of the molecule is CC1(C)CCC(C)(C)c2cc(Nc3cc4c(cc3-c3cc(N(c5ccccc5)c5ccccc5)c5c6cc7ccccc7cc6n6c5c3Bc3cc5c(cc3-6)C(C)(C)CCC5(C)C)C(C)(C)CCC4(C)C)ccc21. The summed E-state index contributed by atoms with van der Waals surface area (Å²) in [6, 6.07) is 56.6. The lowest BCUT2D eigenvalue weighted by atomic mass is 9.55. The van der Waals surface area contributed by atoms with Crippen molar-refractivity contribution in [3.8, 4) is 16.8 Å². The van der Waals surface area contributed by atoms with Gasteiger partial charge in [0.2, 0.25) is 0 Å². The van der Waals surface area contributed by atoms with Crippen LogP contribution in [0.5, 0.6) is 0 Å². The van der Waals surface area contributed by atoms with Crippen molar-refractivity contribution in [1.29, 1.82) is 0 Å². The van der Waals surface area contributed by atoms with Gasteiger partial charge in [0.05, 0.1) is 16.7 Å². The van der Waals surface area contributed by atoms with Gasteiger partial charge in [0.1, 0.15) is 0 Å². The van der Waals surface area contributed by atoms with Crippen LogP contribution in [0, 0.1) is 0 Å².